The monoisotopic (exact) mass is 217 g/mol. The Kier molecular flexibility index (Phi) is 3.26. The summed E-state index contributed by atoms with van der Waals surface area (Å²) in [7, 11) is 3.85. The normalized spacial score (nSPS) is 12.6. The Balaban J connectivity index is 2.16. The Labute approximate surface area is 94.5 Å². The van der Waals surface area contributed by atoms with Crippen LogP contribution in [-0.4, -0.2) is 26.8 Å². The van der Waals surface area contributed by atoms with E-state index in [1.54, 1.807) is 23.4 Å². The third-order valence-electron chi connectivity index (χ3n) is 2.65. The van der Waals surface area contributed by atoms with E-state index in [2.05, 4.69) is 20.4 Å². The molecule has 2 heterocycles. The van der Waals surface area contributed by atoms with Crippen LogP contribution in [0.5, 0.6) is 0 Å². The summed E-state index contributed by atoms with van der Waals surface area (Å²) in [6, 6.07) is 4.26. The van der Waals surface area contributed by atoms with Crippen molar-refractivity contribution in [3.8, 4) is 0 Å². The molecule has 0 saturated heterocycles. The number of aromatic nitrogens is 4. The van der Waals surface area contributed by atoms with Crippen molar-refractivity contribution in [1.82, 2.24) is 25.1 Å². The molecule has 2 aromatic rings. The Bertz CT molecular complexity index is 437. The highest BCUT2D eigenvalue weighted by Gasteiger charge is 2.12. The molecule has 5 nitrogen and oxygen atoms in total. The van der Waals surface area contributed by atoms with E-state index in [1.807, 2.05) is 26.2 Å². The minimum absolute atomic E-state index is 0.242. The molecule has 0 aliphatic heterocycles. The van der Waals surface area contributed by atoms with Crippen LogP contribution in [0.2, 0.25) is 0 Å². The number of pyridine rings is 1. The summed E-state index contributed by atoms with van der Waals surface area (Å²) in [6.07, 6.45) is 6.00. The fourth-order valence-corrected chi connectivity index (χ4v) is 1.67. The van der Waals surface area contributed by atoms with Crippen molar-refractivity contribution in [1.29, 1.82) is 0 Å². The number of hydrogen-bond donors (Lipinski definition) is 1. The highest BCUT2D eigenvalue weighted by Crippen LogP contribution is 2.15. The molecule has 0 radical (unpaired) electrons. The van der Waals surface area contributed by atoms with Gasteiger partial charge in [-0.05, 0) is 24.7 Å². The van der Waals surface area contributed by atoms with Crippen molar-refractivity contribution in [2.75, 3.05) is 7.05 Å². The maximum Gasteiger partial charge on any atom is 0.138 e. The minimum atomic E-state index is 0.242. The molecule has 1 unspecified atom stereocenters. The van der Waals surface area contributed by atoms with Gasteiger partial charge in [0.1, 0.15) is 12.2 Å². The van der Waals surface area contributed by atoms with Crippen molar-refractivity contribution in [2.24, 2.45) is 7.05 Å². The van der Waals surface area contributed by atoms with E-state index in [0.29, 0.717) is 0 Å². The van der Waals surface area contributed by atoms with Crippen molar-refractivity contribution >= 4 is 0 Å². The lowest BCUT2D eigenvalue weighted by atomic mass is 10.1. The predicted molar refractivity (Wildman–Crippen MR) is 60.7 cm³/mol. The zero-order valence-corrected chi connectivity index (χ0v) is 9.46. The molecule has 0 bridgehead atoms. The topological polar surface area (TPSA) is 55.6 Å². The predicted octanol–water partition coefficient (Wildman–Crippen LogP) is 0.713. The molecular weight excluding hydrogens is 202 g/mol. The molecule has 0 spiro atoms. The molecular formula is C11H15N5. The summed E-state index contributed by atoms with van der Waals surface area (Å²) in [6.45, 7) is 0. The van der Waals surface area contributed by atoms with Crippen molar-refractivity contribution in [3.05, 3.63) is 42.2 Å². The summed E-state index contributed by atoms with van der Waals surface area (Å²) in [5, 5.41) is 7.34. The SMILES string of the molecule is CNC(Cc1ncnn1C)c1ccncc1. The zero-order valence-electron chi connectivity index (χ0n) is 9.46. The Hall–Kier alpha value is -1.75. The van der Waals surface area contributed by atoms with E-state index >= 15 is 0 Å². The fourth-order valence-electron chi connectivity index (χ4n) is 1.67. The lowest BCUT2D eigenvalue weighted by Gasteiger charge is -2.15. The van der Waals surface area contributed by atoms with E-state index in [-0.39, 0.29) is 6.04 Å². The van der Waals surface area contributed by atoms with Gasteiger partial charge in [0.15, 0.2) is 0 Å². The van der Waals surface area contributed by atoms with Crippen LogP contribution in [0.1, 0.15) is 17.4 Å². The number of nitrogens with zero attached hydrogens (tertiary/aromatic N) is 4. The molecule has 5 heteroatoms. The van der Waals surface area contributed by atoms with E-state index < -0.39 is 0 Å². The van der Waals surface area contributed by atoms with Crippen LogP contribution in [0.3, 0.4) is 0 Å². The number of nitrogens with one attached hydrogen (secondary N) is 1. The summed E-state index contributed by atoms with van der Waals surface area (Å²) in [5.74, 6) is 0.969. The van der Waals surface area contributed by atoms with Crippen molar-refractivity contribution < 1.29 is 0 Å². The second-order valence-corrected chi connectivity index (χ2v) is 3.63. The lowest BCUT2D eigenvalue weighted by molar-refractivity contribution is 0.553. The first-order chi connectivity index (χ1) is 7.81. The quantitative estimate of drug-likeness (QED) is 0.819. The first kappa shape index (κ1) is 10.8. The van der Waals surface area contributed by atoms with Gasteiger partial charge in [0.2, 0.25) is 0 Å². The molecule has 0 saturated carbocycles. The second kappa shape index (κ2) is 4.85. The van der Waals surface area contributed by atoms with Crippen LogP contribution < -0.4 is 5.32 Å². The van der Waals surface area contributed by atoms with Gasteiger partial charge in [0.25, 0.3) is 0 Å². The van der Waals surface area contributed by atoms with Crippen LogP contribution in [0.15, 0.2) is 30.9 Å². The molecule has 0 fully saturated rings. The molecule has 0 aliphatic rings. The largest absolute Gasteiger partial charge is 0.313 e. The molecule has 1 atom stereocenters. The highest BCUT2D eigenvalue weighted by molar-refractivity contribution is 5.16. The number of likely N-dealkylation sites (N-methyl/N-ethyl adjacent to an activating group) is 1. The van der Waals surface area contributed by atoms with E-state index in [1.165, 1.54) is 5.56 Å². The number of hydrogen-bond acceptors (Lipinski definition) is 4. The van der Waals surface area contributed by atoms with Gasteiger partial charge in [-0.1, -0.05) is 0 Å². The maximum absolute atomic E-state index is 4.23. The summed E-state index contributed by atoms with van der Waals surface area (Å²) in [4.78, 5) is 8.24. The molecule has 1 N–H and O–H groups in total. The third kappa shape index (κ3) is 2.25. The van der Waals surface area contributed by atoms with E-state index in [9.17, 15) is 0 Å². The van der Waals surface area contributed by atoms with Gasteiger partial charge in [-0.15, -0.1) is 0 Å². The minimum Gasteiger partial charge on any atom is -0.313 e. The van der Waals surface area contributed by atoms with Crippen molar-refractivity contribution in [3.63, 3.8) is 0 Å². The summed E-state index contributed by atoms with van der Waals surface area (Å²) >= 11 is 0. The van der Waals surface area contributed by atoms with Crippen LogP contribution in [0, 0.1) is 0 Å². The van der Waals surface area contributed by atoms with Gasteiger partial charge < -0.3 is 5.32 Å². The van der Waals surface area contributed by atoms with Crippen LogP contribution in [-0.2, 0) is 13.5 Å². The highest BCUT2D eigenvalue weighted by atomic mass is 15.3. The van der Waals surface area contributed by atoms with Crippen LogP contribution in [0.25, 0.3) is 0 Å². The standard InChI is InChI=1S/C11H15N5/c1-12-10(9-3-5-13-6-4-9)7-11-14-8-15-16(11)2/h3-6,8,10,12H,7H2,1-2H3. The van der Waals surface area contributed by atoms with Crippen LogP contribution in [0.4, 0.5) is 0 Å². The smallest absolute Gasteiger partial charge is 0.138 e. The zero-order chi connectivity index (χ0) is 11.4. The summed E-state index contributed by atoms with van der Waals surface area (Å²) < 4.78 is 1.80. The average molecular weight is 217 g/mol. The molecule has 2 aromatic heterocycles. The van der Waals surface area contributed by atoms with Crippen LogP contribution >= 0.6 is 0 Å². The number of aryl methyl sites for hydroxylation is 1. The van der Waals surface area contributed by atoms with E-state index in [0.717, 1.165) is 12.2 Å². The molecule has 0 aliphatic carbocycles. The lowest BCUT2D eigenvalue weighted by Crippen LogP contribution is -2.20. The van der Waals surface area contributed by atoms with Gasteiger partial charge in [0.05, 0.1) is 0 Å². The summed E-state index contributed by atoms with van der Waals surface area (Å²) in [5.41, 5.74) is 1.21. The second-order valence-electron chi connectivity index (χ2n) is 3.63. The Morgan fingerprint density at radius 2 is 2.12 bits per heavy atom. The maximum atomic E-state index is 4.23. The molecule has 2 rings (SSSR count). The molecule has 16 heavy (non-hydrogen) atoms. The number of rotatable bonds is 4. The van der Waals surface area contributed by atoms with Gasteiger partial charge >= 0.3 is 0 Å². The molecule has 0 amide bonds. The average Bonchev–Trinajstić information content (AvgIpc) is 2.73. The molecule has 84 valence electrons. The van der Waals surface area contributed by atoms with E-state index in [4.69, 9.17) is 0 Å². The Morgan fingerprint density at radius 3 is 2.69 bits per heavy atom. The fraction of sp³-hybridized carbons (Fsp3) is 0.364. The third-order valence-corrected chi connectivity index (χ3v) is 2.65. The Morgan fingerprint density at radius 1 is 1.38 bits per heavy atom. The first-order valence-electron chi connectivity index (χ1n) is 5.21. The van der Waals surface area contributed by atoms with Gasteiger partial charge in [-0.2, -0.15) is 5.10 Å². The van der Waals surface area contributed by atoms with Gasteiger partial charge in [-0.25, -0.2) is 4.98 Å². The molecule has 0 aromatic carbocycles. The van der Waals surface area contributed by atoms with Gasteiger partial charge in [0, 0.05) is 31.9 Å². The first-order valence-corrected chi connectivity index (χ1v) is 5.21. The van der Waals surface area contributed by atoms with Gasteiger partial charge in [-0.3, -0.25) is 9.67 Å². The van der Waals surface area contributed by atoms with Crippen molar-refractivity contribution in [2.45, 2.75) is 12.5 Å².